The van der Waals surface area contributed by atoms with E-state index in [9.17, 15) is 24.5 Å². The summed E-state index contributed by atoms with van der Waals surface area (Å²) in [5, 5.41) is 11.4. The number of non-ortho nitro benzene ring substituents is 1. The van der Waals surface area contributed by atoms with E-state index in [1.807, 2.05) is 35.2 Å². The first-order chi connectivity index (χ1) is 18.3. The van der Waals surface area contributed by atoms with Crippen LogP contribution in [0.25, 0.3) is 6.08 Å². The Labute approximate surface area is 225 Å². The molecule has 0 unspecified atom stereocenters. The van der Waals surface area contributed by atoms with Gasteiger partial charge in [-0.2, -0.15) is 0 Å². The molecule has 2 fully saturated rings. The van der Waals surface area contributed by atoms with E-state index in [0.717, 1.165) is 16.0 Å². The van der Waals surface area contributed by atoms with Gasteiger partial charge in [-0.25, -0.2) is 4.90 Å². The molecule has 3 aliphatic heterocycles. The number of halogens is 1. The molecule has 0 aliphatic carbocycles. The van der Waals surface area contributed by atoms with Gasteiger partial charge in [-0.15, -0.1) is 0 Å². The van der Waals surface area contributed by atoms with Crippen molar-refractivity contribution in [2.45, 2.75) is 12.1 Å². The lowest BCUT2D eigenvalue weighted by atomic mass is 9.83. The number of carbonyl (C=O) groups is 3. The van der Waals surface area contributed by atoms with Crippen LogP contribution >= 0.6 is 15.9 Å². The number of ketones is 1. The number of Topliss-reactive ketones (excluding diaryl/α,β-unsaturated/α-hetero) is 1. The van der Waals surface area contributed by atoms with E-state index in [1.54, 1.807) is 24.4 Å². The Bertz CT molecular complexity index is 1570. The highest BCUT2D eigenvalue weighted by atomic mass is 79.9. The van der Waals surface area contributed by atoms with Gasteiger partial charge < -0.3 is 9.64 Å². The highest BCUT2D eigenvalue weighted by Gasteiger charge is 2.64. The minimum absolute atomic E-state index is 0.119. The largest absolute Gasteiger partial charge is 0.496 e. The molecule has 3 heterocycles. The van der Waals surface area contributed by atoms with Crippen LogP contribution in [0, 0.1) is 22.0 Å². The van der Waals surface area contributed by atoms with E-state index in [2.05, 4.69) is 15.9 Å². The molecule has 0 N–H and O–H groups in total. The number of benzene rings is 3. The van der Waals surface area contributed by atoms with Crippen molar-refractivity contribution < 1.29 is 24.0 Å². The second kappa shape index (κ2) is 8.91. The minimum Gasteiger partial charge on any atom is -0.496 e. The van der Waals surface area contributed by atoms with Crippen LogP contribution in [0.5, 0.6) is 5.75 Å². The summed E-state index contributed by atoms with van der Waals surface area (Å²) in [6.07, 6.45) is 3.66. The van der Waals surface area contributed by atoms with Gasteiger partial charge in [-0.05, 0) is 57.4 Å². The third-order valence-electron chi connectivity index (χ3n) is 7.47. The molecular weight excluding hydrogens is 554 g/mol. The zero-order valence-electron chi connectivity index (χ0n) is 20.0. The van der Waals surface area contributed by atoms with Gasteiger partial charge in [0.2, 0.25) is 11.8 Å². The zero-order chi connectivity index (χ0) is 26.7. The predicted molar refractivity (Wildman–Crippen MR) is 141 cm³/mol. The van der Waals surface area contributed by atoms with Gasteiger partial charge in [0.1, 0.15) is 11.8 Å². The molecule has 3 aromatic carbocycles. The Morgan fingerprint density at radius 2 is 1.76 bits per heavy atom. The zero-order valence-corrected chi connectivity index (χ0v) is 21.6. The lowest BCUT2D eigenvalue weighted by Crippen LogP contribution is -2.44. The number of nitro groups is 1. The highest BCUT2D eigenvalue weighted by molar-refractivity contribution is 9.10. The van der Waals surface area contributed by atoms with Crippen LogP contribution in [0.15, 0.2) is 77.4 Å². The molecule has 190 valence electrons. The summed E-state index contributed by atoms with van der Waals surface area (Å²) in [7, 11) is 1.52. The van der Waals surface area contributed by atoms with Gasteiger partial charge >= 0.3 is 0 Å². The number of imide groups is 1. The normalized spacial score (nSPS) is 23.2. The van der Waals surface area contributed by atoms with E-state index in [-0.39, 0.29) is 17.2 Å². The molecule has 38 heavy (non-hydrogen) atoms. The molecule has 4 atom stereocenters. The fourth-order valence-electron chi connectivity index (χ4n) is 5.85. The van der Waals surface area contributed by atoms with Crippen LogP contribution in [-0.2, 0) is 9.59 Å². The average Bonchev–Trinajstić information content (AvgIpc) is 3.40. The van der Waals surface area contributed by atoms with Crippen molar-refractivity contribution in [3.8, 4) is 5.75 Å². The van der Waals surface area contributed by atoms with Crippen LogP contribution in [-0.4, -0.2) is 40.6 Å². The Kier molecular flexibility index (Phi) is 5.64. The lowest BCUT2D eigenvalue weighted by Gasteiger charge is -2.35. The average molecular weight is 574 g/mol. The van der Waals surface area contributed by atoms with Gasteiger partial charge in [0, 0.05) is 23.9 Å². The van der Waals surface area contributed by atoms with Crippen molar-refractivity contribution in [2.24, 2.45) is 11.8 Å². The molecule has 0 spiro atoms. The van der Waals surface area contributed by atoms with Gasteiger partial charge in [0.05, 0.1) is 40.1 Å². The number of hydrogen-bond donors (Lipinski definition) is 0. The van der Waals surface area contributed by atoms with Gasteiger partial charge in [-0.1, -0.05) is 30.3 Å². The molecule has 3 aromatic rings. The van der Waals surface area contributed by atoms with Crippen molar-refractivity contribution in [3.63, 3.8) is 0 Å². The number of nitrogens with zero attached hydrogens (tertiary/aromatic N) is 3. The summed E-state index contributed by atoms with van der Waals surface area (Å²) in [4.78, 5) is 55.5. The Morgan fingerprint density at radius 1 is 1.00 bits per heavy atom. The molecular formula is C28H20BrN3O6. The number of nitro benzene ring substituents is 1. The molecule has 0 saturated carbocycles. The van der Waals surface area contributed by atoms with Gasteiger partial charge in [0.15, 0.2) is 5.78 Å². The van der Waals surface area contributed by atoms with Crippen molar-refractivity contribution in [1.82, 2.24) is 4.90 Å². The SMILES string of the molecule is COc1ccc(C(=O)[C@H]2[C@@H]3C(=O)N(c4cccc([N+](=O)[O-])c4)C(=O)[C@@H]3[C@H]3c4ccccc4C=CN32)cc1Br. The maximum atomic E-state index is 14.0. The molecule has 2 saturated heterocycles. The third-order valence-corrected chi connectivity index (χ3v) is 8.08. The molecule has 9 nitrogen and oxygen atoms in total. The summed E-state index contributed by atoms with van der Waals surface area (Å²) in [6, 6.07) is 16.5. The second-order valence-electron chi connectivity index (χ2n) is 9.34. The number of anilines is 1. The van der Waals surface area contributed by atoms with Crippen molar-refractivity contribution in [3.05, 3.63) is 104 Å². The summed E-state index contributed by atoms with van der Waals surface area (Å²) in [5.41, 5.74) is 2.00. The molecule has 0 bridgehead atoms. The van der Waals surface area contributed by atoms with Gasteiger partial charge in [0.25, 0.3) is 5.69 Å². The number of amides is 2. The summed E-state index contributed by atoms with van der Waals surface area (Å²) in [6.45, 7) is 0. The van der Waals surface area contributed by atoms with Crippen LogP contribution in [0.4, 0.5) is 11.4 Å². The molecule has 10 heteroatoms. The summed E-state index contributed by atoms with van der Waals surface area (Å²) < 4.78 is 5.87. The highest BCUT2D eigenvalue weighted by Crippen LogP contribution is 2.54. The quantitative estimate of drug-likeness (QED) is 0.187. The maximum Gasteiger partial charge on any atom is 0.271 e. The number of ether oxygens (including phenoxy) is 1. The fourth-order valence-corrected chi connectivity index (χ4v) is 6.39. The number of fused-ring (bicyclic) bond motifs is 5. The predicted octanol–water partition coefficient (Wildman–Crippen LogP) is 4.76. The minimum atomic E-state index is -0.976. The summed E-state index contributed by atoms with van der Waals surface area (Å²) >= 11 is 3.42. The van der Waals surface area contributed by atoms with Crippen LogP contribution < -0.4 is 9.64 Å². The topological polar surface area (TPSA) is 110 Å². The molecule has 0 aromatic heterocycles. The van der Waals surface area contributed by atoms with Crippen molar-refractivity contribution in [1.29, 1.82) is 0 Å². The Morgan fingerprint density at radius 3 is 2.50 bits per heavy atom. The first kappa shape index (κ1) is 24.1. The standard InChI is InChI=1S/C28H20BrN3O6/c1-38-21-10-9-16(13-20(21)29)26(33)25-23-22(24-19-8-3-2-5-15(19)11-12-30(24)25)27(34)31(28(23)35)17-6-4-7-18(14-17)32(36)37/h2-14,22-25H,1H3/t22-,23+,24+,25+/m0/s1. The first-order valence-electron chi connectivity index (χ1n) is 11.9. The number of methoxy groups -OCH3 is 1. The number of hydrogen-bond acceptors (Lipinski definition) is 7. The maximum absolute atomic E-state index is 14.0. The number of rotatable bonds is 5. The van der Waals surface area contributed by atoms with E-state index in [0.29, 0.717) is 15.8 Å². The monoisotopic (exact) mass is 573 g/mol. The smallest absolute Gasteiger partial charge is 0.271 e. The van der Waals surface area contributed by atoms with Crippen LogP contribution in [0.1, 0.15) is 27.5 Å². The molecule has 0 radical (unpaired) electrons. The fraction of sp³-hybridized carbons (Fsp3) is 0.179. The van der Waals surface area contributed by atoms with E-state index in [4.69, 9.17) is 4.74 Å². The lowest BCUT2D eigenvalue weighted by molar-refractivity contribution is -0.384. The van der Waals surface area contributed by atoms with Crippen molar-refractivity contribution >= 4 is 51.0 Å². The van der Waals surface area contributed by atoms with E-state index in [1.165, 1.54) is 31.4 Å². The Hall–Kier alpha value is -4.31. The van der Waals surface area contributed by atoms with Crippen LogP contribution in [0.2, 0.25) is 0 Å². The van der Waals surface area contributed by atoms with Crippen LogP contribution in [0.3, 0.4) is 0 Å². The van der Waals surface area contributed by atoms with Crippen molar-refractivity contribution in [2.75, 3.05) is 12.0 Å². The van der Waals surface area contributed by atoms with E-state index < -0.39 is 40.7 Å². The third kappa shape index (κ3) is 3.47. The Balaban J connectivity index is 1.48. The molecule has 3 aliphatic rings. The summed E-state index contributed by atoms with van der Waals surface area (Å²) in [5.74, 6) is -2.60. The number of carbonyl (C=O) groups excluding carboxylic acids is 3. The van der Waals surface area contributed by atoms with Gasteiger partial charge in [-0.3, -0.25) is 24.5 Å². The molecule has 6 rings (SSSR count). The first-order valence-corrected chi connectivity index (χ1v) is 12.7. The molecule has 2 amide bonds. The second-order valence-corrected chi connectivity index (χ2v) is 10.2. The van der Waals surface area contributed by atoms with E-state index >= 15 is 0 Å².